The van der Waals surface area contributed by atoms with Gasteiger partial charge in [-0.15, -0.1) is 0 Å². The molecule has 2 N–H and O–H groups in total. The minimum Gasteiger partial charge on any atom is -0.380 e. The van der Waals surface area contributed by atoms with E-state index in [2.05, 4.69) is 21.7 Å². The van der Waals surface area contributed by atoms with Crippen molar-refractivity contribution in [3.8, 4) is 6.07 Å². The Morgan fingerprint density at radius 1 is 1.22 bits per heavy atom. The number of nitriles is 1. The fourth-order valence-electron chi connectivity index (χ4n) is 2.56. The number of anilines is 2. The first-order valence-corrected chi connectivity index (χ1v) is 10.6. The predicted molar refractivity (Wildman–Crippen MR) is 133 cm³/mol. The van der Waals surface area contributed by atoms with Crippen molar-refractivity contribution in [1.82, 2.24) is 0 Å². The molecule has 2 aromatic carbocycles. The average Bonchev–Trinajstić information content (AvgIpc) is 2.78. The SMILES string of the molecule is CC.C\C=C(/N=C(\C=C(/C)COC)Nc1cc(C)c(F)cc1Cl)Nc1ccc(C#N)cc1. The highest BCUT2D eigenvalue weighted by Crippen LogP contribution is 2.25. The maximum absolute atomic E-state index is 13.8. The zero-order valence-electron chi connectivity index (χ0n) is 19.4. The summed E-state index contributed by atoms with van der Waals surface area (Å²) < 4.78 is 18.9. The molecule has 2 rings (SSSR count). The number of halogens is 2. The zero-order valence-corrected chi connectivity index (χ0v) is 20.1. The largest absolute Gasteiger partial charge is 0.380 e. The summed E-state index contributed by atoms with van der Waals surface area (Å²) in [4.78, 5) is 4.65. The van der Waals surface area contributed by atoms with E-state index in [0.29, 0.717) is 35.1 Å². The summed E-state index contributed by atoms with van der Waals surface area (Å²) in [6.07, 6.45) is 3.65. The van der Waals surface area contributed by atoms with Gasteiger partial charge in [0.1, 0.15) is 17.5 Å². The molecular weight excluding hydrogens is 427 g/mol. The standard InChI is InChI=1S/C23H24ClFN4O.C2H6/c1-5-22(27-18-8-6-17(13-26)7-9-18)29-23(10-15(2)14-30-4)28-21-11-16(3)20(25)12-19(21)24;1-2/h5-12,27H,14H2,1-4H3,(H,28,29);1-2H3/b15-10+,22-5-;. The number of hydrogen-bond acceptors (Lipinski definition) is 4. The van der Waals surface area contributed by atoms with Crippen molar-refractivity contribution in [3.63, 3.8) is 0 Å². The van der Waals surface area contributed by atoms with Gasteiger partial charge in [0.15, 0.2) is 0 Å². The maximum atomic E-state index is 13.8. The second-order valence-electron chi connectivity index (χ2n) is 6.62. The Hall–Kier alpha value is -3.14. The van der Waals surface area contributed by atoms with Crippen LogP contribution in [0.4, 0.5) is 15.8 Å². The van der Waals surface area contributed by atoms with Crippen LogP contribution in [0.25, 0.3) is 0 Å². The highest BCUT2D eigenvalue weighted by atomic mass is 35.5. The second-order valence-corrected chi connectivity index (χ2v) is 7.02. The van der Waals surface area contributed by atoms with E-state index in [-0.39, 0.29) is 10.8 Å². The van der Waals surface area contributed by atoms with Crippen LogP contribution >= 0.6 is 11.6 Å². The van der Waals surface area contributed by atoms with Crippen LogP contribution in [0.5, 0.6) is 0 Å². The van der Waals surface area contributed by atoms with Crippen molar-refractivity contribution in [2.24, 2.45) is 4.99 Å². The summed E-state index contributed by atoms with van der Waals surface area (Å²) in [6.45, 7) is 9.88. The third kappa shape index (κ3) is 8.54. The summed E-state index contributed by atoms with van der Waals surface area (Å²) in [5.74, 6) is 0.720. The molecule has 5 nitrogen and oxygen atoms in total. The third-order valence-corrected chi connectivity index (χ3v) is 4.38. The quantitative estimate of drug-likeness (QED) is 0.345. The van der Waals surface area contributed by atoms with Crippen molar-refractivity contribution in [2.75, 3.05) is 24.4 Å². The molecule has 0 radical (unpaired) electrons. The van der Waals surface area contributed by atoms with Crippen LogP contribution < -0.4 is 10.6 Å². The van der Waals surface area contributed by atoms with Gasteiger partial charge in [-0.2, -0.15) is 5.26 Å². The summed E-state index contributed by atoms with van der Waals surface area (Å²) in [5, 5.41) is 15.6. The van der Waals surface area contributed by atoms with Crippen molar-refractivity contribution in [2.45, 2.75) is 34.6 Å². The average molecular weight is 457 g/mol. The molecule has 0 aliphatic heterocycles. The molecule has 32 heavy (non-hydrogen) atoms. The molecule has 0 bridgehead atoms. The number of allylic oxidation sites excluding steroid dienone is 1. The van der Waals surface area contributed by atoms with Gasteiger partial charge in [-0.1, -0.05) is 25.4 Å². The Kier molecular flexibility index (Phi) is 11.8. The lowest BCUT2D eigenvalue weighted by molar-refractivity contribution is 0.226. The first-order chi connectivity index (χ1) is 15.4. The Morgan fingerprint density at radius 3 is 2.44 bits per heavy atom. The van der Waals surface area contributed by atoms with Gasteiger partial charge in [0, 0.05) is 12.8 Å². The van der Waals surface area contributed by atoms with E-state index in [9.17, 15) is 4.39 Å². The Morgan fingerprint density at radius 2 is 1.88 bits per heavy atom. The monoisotopic (exact) mass is 456 g/mol. The number of methoxy groups -OCH3 is 1. The van der Waals surface area contributed by atoms with Crippen LogP contribution in [0.3, 0.4) is 0 Å². The van der Waals surface area contributed by atoms with E-state index in [4.69, 9.17) is 21.6 Å². The molecule has 0 amide bonds. The van der Waals surface area contributed by atoms with Crippen LogP contribution in [-0.2, 0) is 4.74 Å². The van der Waals surface area contributed by atoms with Crippen LogP contribution in [-0.4, -0.2) is 19.6 Å². The van der Waals surface area contributed by atoms with Crippen molar-refractivity contribution in [3.05, 3.63) is 81.9 Å². The molecule has 0 aliphatic rings. The first-order valence-electron chi connectivity index (χ1n) is 10.3. The number of ether oxygens (including phenoxy) is 1. The van der Waals surface area contributed by atoms with Gasteiger partial charge in [-0.05, 0) is 80.5 Å². The third-order valence-electron chi connectivity index (χ3n) is 4.07. The number of hydrogen-bond donors (Lipinski definition) is 2. The Labute approximate surface area is 195 Å². The van der Waals surface area contributed by atoms with Crippen LogP contribution in [0.1, 0.15) is 38.8 Å². The number of nitrogens with zero attached hydrogens (tertiary/aromatic N) is 2. The highest BCUT2D eigenvalue weighted by molar-refractivity contribution is 6.34. The minimum atomic E-state index is -0.369. The number of aryl methyl sites for hydroxylation is 1. The first kappa shape index (κ1) is 26.9. The molecule has 0 fully saturated rings. The highest BCUT2D eigenvalue weighted by Gasteiger charge is 2.09. The van der Waals surface area contributed by atoms with Gasteiger partial charge in [-0.3, -0.25) is 0 Å². The van der Waals surface area contributed by atoms with Gasteiger partial charge >= 0.3 is 0 Å². The number of rotatable bonds is 7. The Balaban J connectivity index is 0.00000249. The number of aliphatic imine (C=N–C) groups is 1. The van der Waals surface area contributed by atoms with Gasteiger partial charge < -0.3 is 15.4 Å². The molecule has 7 heteroatoms. The van der Waals surface area contributed by atoms with E-state index in [1.807, 2.05) is 39.8 Å². The summed E-state index contributed by atoms with van der Waals surface area (Å²) in [5.41, 5.74) is 3.32. The smallest absolute Gasteiger partial charge is 0.132 e. The topological polar surface area (TPSA) is 69.4 Å². The fraction of sp³-hybridized carbons (Fsp3) is 0.280. The molecule has 0 saturated heterocycles. The Bertz CT molecular complexity index is 1020. The molecule has 0 aliphatic carbocycles. The molecule has 170 valence electrons. The number of nitrogens with one attached hydrogen (secondary N) is 2. The molecule has 0 heterocycles. The fourth-order valence-corrected chi connectivity index (χ4v) is 2.76. The van der Waals surface area contributed by atoms with Crippen molar-refractivity contribution in [1.29, 1.82) is 5.26 Å². The summed E-state index contributed by atoms with van der Waals surface area (Å²) in [7, 11) is 1.62. The normalized spacial score (nSPS) is 11.9. The molecule has 0 aromatic heterocycles. The summed E-state index contributed by atoms with van der Waals surface area (Å²) in [6, 6.07) is 12.1. The second kappa shape index (κ2) is 14.0. The molecule has 0 saturated carbocycles. The molecule has 0 spiro atoms. The van der Waals surface area contributed by atoms with E-state index in [1.54, 1.807) is 44.4 Å². The van der Waals surface area contributed by atoms with Crippen LogP contribution in [0.2, 0.25) is 5.02 Å². The van der Waals surface area contributed by atoms with E-state index >= 15 is 0 Å². The van der Waals surface area contributed by atoms with Crippen molar-refractivity contribution < 1.29 is 9.13 Å². The molecule has 0 unspecified atom stereocenters. The maximum Gasteiger partial charge on any atom is 0.132 e. The van der Waals surface area contributed by atoms with Gasteiger partial charge in [0.2, 0.25) is 0 Å². The molecule has 2 aromatic rings. The van der Waals surface area contributed by atoms with E-state index in [0.717, 1.165) is 11.3 Å². The zero-order chi connectivity index (χ0) is 24.1. The lowest BCUT2D eigenvalue weighted by Crippen LogP contribution is -2.13. The van der Waals surface area contributed by atoms with Crippen LogP contribution in [0, 0.1) is 24.1 Å². The van der Waals surface area contributed by atoms with Gasteiger partial charge in [-0.25, -0.2) is 9.38 Å². The van der Waals surface area contributed by atoms with E-state index < -0.39 is 0 Å². The number of amidine groups is 1. The van der Waals surface area contributed by atoms with Gasteiger partial charge in [0.05, 0.1) is 28.9 Å². The molecular formula is C25H30ClFN4O. The van der Waals surface area contributed by atoms with Gasteiger partial charge in [0.25, 0.3) is 0 Å². The van der Waals surface area contributed by atoms with Crippen LogP contribution in [0.15, 0.2) is 64.9 Å². The lowest BCUT2D eigenvalue weighted by atomic mass is 10.2. The summed E-state index contributed by atoms with van der Waals surface area (Å²) >= 11 is 6.21. The predicted octanol–water partition coefficient (Wildman–Crippen LogP) is 7.06. The minimum absolute atomic E-state index is 0.255. The van der Waals surface area contributed by atoms with E-state index in [1.165, 1.54) is 6.07 Å². The molecule has 0 atom stereocenters. The number of benzene rings is 2. The van der Waals surface area contributed by atoms with Crippen molar-refractivity contribution >= 4 is 28.8 Å². The lowest BCUT2D eigenvalue weighted by Gasteiger charge is -2.13.